The number of carboxylic acid groups (broad SMARTS) is 1. The fourth-order valence-electron chi connectivity index (χ4n) is 0.591. The lowest BCUT2D eigenvalue weighted by Gasteiger charge is -1.78. The number of hydrogen-bond acceptors (Lipinski definition) is 3. The van der Waals surface area contributed by atoms with Crippen molar-refractivity contribution in [2.75, 3.05) is 0 Å². The van der Waals surface area contributed by atoms with Gasteiger partial charge in [0.05, 0.1) is 5.69 Å². The lowest BCUT2D eigenvalue weighted by atomic mass is 10.5. The molecule has 0 aliphatic heterocycles. The third-order valence-electron chi connectivity index (χ3n) is 1.01. The maximum Gasteiger partial charge on any atom is 0.328 e. The first kappa shape index (κ1) is 7.53. The van der Waals surface area contributed by atoms with Gasteiger partial charge < -0.3 is 9.52 Å². The van der Waals surface area contributed by atoms with E-state index in [1.165, 1.54) is 12.3 Å². The van der Waals surface area contributed by atoms with E-state index >= 15 is 0 Å². The molecule has 1 aromatic heterocycles. The predicted molar refractivity (Wildman–Crippen MR) is 37.9 cm³/mol. The molecule has 0 aliphatic carbocycles. The van der Waals surface area contributed by atoms with Crippen LogP contribution in [0.1, 0.15) is 11.6 Å². The van der Waals surface area contributed by atoms with Crippen LogP contribution in [0.15, 0.2) is 16.8 Å². The van der Waals surface area contributed by atoms with E-state index in [0.717, 1.165) is 11.8 Å². The molecule has 1 N–H and O–H groups in total. The molecular weight excluding hydrogens is 146 g/mol. The second-order valence-corrected chi connectivity index (χ2v) is 2.00. The SMILES string of the molecule is Cc1coc(/C=C/C(=O)O)n1. The highest BCUT2D eigenvalue weighted by atomic mass is 16.4. The van der Waals surface area contributed by atoms with E-state index in [9.17, 15) is 4.79 Å². The van der Waals surface area contributed by atoms with E-state index in [0.29, 0.717) is 5.89 Å². The monoisotopic (exact) mass is 153 g/mol. The van der Waals surface area contributed by atoms with Gasteiger partial charge in [0.1, 0.15) is 6.26 Å². The Bertz CT molecular complexity index is 288. The second kappa shape index (κ2) is 3.01. The molecule has 0 aromatic carbocycles. The Morgan fingerprint density at radius 2 is 2.55 bits per heavy atom. The molecule has 0 spiro atoms. The summed E-state index contributed by atoms with van der Waals surface area (Å²) in [5, 5.41) is 8.23. The molecule has 1 aromatic rings. The van der Waals surface area contributed by atoms with Crippen LogP contribution in [0.2, 0.25) is 0 Å². The van der Waals surface area contributed by atoms with E-state index in [4.69, 9.17) is 9.52 Å². The Hall–Kier alpha value is -1.58. The molecule has 0 saturated heterocycles. The minimum absolute atomic E-state index is 0.310. The minimum Gasteiger partial charge on any atom is -0.478 e. The van der Waals surface area contributed by atoms with Crippen LogP contribution in [-0.4, -0.2) is 16.1 Å². The van der Waals surface area contributed by atoms with Gasteiger partial charge in [-0.3, -0.25) is 0 Å². The first-order chi connectivity index (χ1) is 5.18. The van der Waals surface area contributed by atoms with Gasteiger partial charge in [-0.05, 0) is 6.92 Å². The fourth-order valence-corrected chi connectivity index (χ4v) is 0.591. The van der Waals surface area contributed by atoms with Crippen molar-refractivity contribution < 1.29 is 14.3 Å². The van der Waals surface area contributed by atoms with Crippen molar-refractivity contribution >= 4 is 12.0 Å². The molecule has 0 unspecified atom stereocenters. The van der Waals surface area contributed by atoms with Gasteiger partial charge in [-0.2, -0.15) is 0 Å². The summed E-state index contributed by atoms with van der Waals surface area (Å²) in [6.45, 7) is 1.77. The number of aryl methyl sites for hydroxylation is 1. The summed E-state index contributed by atoms with van der Waals surface area (Å²) in [4.78, 5) is 13.9. The van der Waals surface area contributed by atoms with E-state index in [1.54, 1.807) is 6.92 Å². The highest BCUT2D eigenvalue weighted by Gasteiger charge is 1.94. The predicted octanol–water partition coefficient (Wildman–Crippen LogP) is 1.08. The Morgan fingerprint density at radius 3 is 3.00 bits per heavy atom. The number of carbonyl (C=O) groups is 1. The average Bonchev–Trinajstić information content (AvgIpc) is 2.31. The molecule has 0 radical (unpaired) electrons. The molecule has 0 aliphatic rings. The number of aliphatic carboxylic acids is 1. The summed E-state index contributed by atoms with van der Waals surface area (Å²) in [6, 6.07) is 0. The van der Waals surface area contributed by atoms with Gasteiger partial charge in [-0.1, -0.05) is 0 Å². The summed E-state index contributed by atoms with van der Waals surface area (Å²) in [5.41, 5.74) is 0.732. The number of rotatable bonds is 2. The number of aromatic nitrogens is 1. The Labute approximate surface area is 63.2 Å². The topological polar surface area (TPSA) is 63.3 Å². The molecule has 58 valence electrons. The smallest absolute Gasteiger partial charge is 0.328 e. The highest BCUT2D eigenvalue weighted by molar-refractivity contribution is 5.84. The van der Waals surface area contributed by atoms with Crippen molar-refractivity contribution in [2.45, 2.75) is 6.92 Å². The maximum atomic E-state index is 10.0. The van der Waals surface area contributed by atoms with Crippen LogP contribution in [0.25, 0.3) is 6.08 Å². The van der Waals surface area contributed by atoms with Crippen LogP contribution in [0.3, 0.4) is 0 Å². The fraction of sp³-hybridized carbons (Fsp3) is 0.143. The third-order valence-corrected chi connectivity index (χ3v) is 1.01. The molecule has 1 rings (SSSR count). The average molecular weight is 153 g/mol. The van der Waals surface area contributed by atoms with Crippen molar-refractivity contribution in [1.82, 2.24) is 4.98 Å². The summed E-state index contributed by atoms with van der Waals surface area (Å²) >= 11 is 0. The first-order valence-electron chi connectivity index (χ1n) is 3.01. The molecule has 11 heavy (non-hydrogen) atoms. The molecule has 0 amide bonds. The zero-order valence-electron chi connectivity index (χ0n) is 5.94. The molecule has 0 fully saturated rings. The Balaban J connectivity index is 2.71. The first-order valence-corrected chi connectivity index (χ1v) is 3.01. The van der Waals surface area contributed by atoms with Crippen molar-refractivity contribution in [2.24, 2.45) is 0 Å². The zero-order valence-corrected chi connectivity index (χ0v) is 5.94. The van der Waals surface area contributed by atoms with Gasteiger partial charge >= 0.3 is 5.97 Å². The van der Waals surface area contributed by atoms with Crippen molar-refractivity contribution in [1.29, 1.82) is 0 Å². The van der Waals surface area contributed by atoms with Gasteiger partial charge in [0.15, 0.2) is 0 Å². The van der Waals surface area contributed by atoms with Crippen LogP contribution in [-0.2, 0) is 4.79 Å². The molecule has 4 heteroatoms. The molecule has 0 saturated carbocycles. The van der Waals surface area contributed by atoms with Gasteiger partial charge in [-0.15, -0.1) is 0 Å². The quantitative estimate of drug-likeness (QED) is 0.645. The molecule has 0 atom stereocenters. The van der Waals surface area contributed by atoms with Crippen LogP contribution in [0.5, 0.6) is 0 Å². The number of carboxylic acids is 1. The molecular formula is C7H7NO3. The van der Waals surface area contributed by atoms with Gasteiger partial charge in [-0.25, -0.2) is 9.78 Å². The van der Waals surface area contributed by atoms with E-state index in [2.05, 4.69) is 4.98 Å². The van der Waals surface area contributed by atoms with Crippen LogP contribution >= 0.6 is 0 Å². The standard InChI is InChI=1S/C7H7NO3/c1-5-4-11-6(8-5)2-3-7(9)10/h2-4H,1H3,(H,9,10)/b3-2+. The van der Waals surface area contributed by atoms with Gasteiger partial charge in [0, 0.05) is 12.2 Å². The van der Waals surface area contributed by atoms with Crippen LogP contribution < -0.4 is 0 Å². The summed E-state index contributed by atoms with van der Waals surface area (Å²) in [7, 11) is 0. The largest absolute Gasteiger partial charge is 0.478 e. The lowest BCUT2D eigenvalue weighted by Crippen LogP contribution is -1.85. The van der Waals surface area contributed by atoms with Crippen molar-refractivity contribution in [3.63, 3.8) is 0 Å². The Kier molecular flexibility index (Phi) is 2.06. The minimum atomic E-state index is -1.01. The van der Waals surface area contributed by atoms with E-state index < -0.39 is 5.97 Å². The van der Waals surface area contributed by atoms with Crippen molar-refractivity contribution in [3.05, 3.63) is 23.9 Å². The maximum absolute atomic E-state index is 10.0. The van der Waals surface area contributed by atoms with Gasteiger partial charge in [0.2, 0.25) is 5.89 Å². The van der Waals surface area contributed by atoms with E-state index in [1.807, 2.05) is 0 Å². The number of oxazole rings is 1. The van der Waals surface area contributed by atoms with Crippen LogP contribution in [0, 0.1) is 6.92 Å². The molecule has 0 bridgehead atoms. The number of hydrogen-bond donors (Lipinski definition) is 1. The zero-order chi connectivity index (χ0) is 8.27. The summed E-state index contributed by atoms with van der Waals surface area (Å²) in [6.07, 6.45) is 3.74. The van der Waals surface area contributed by atoms with Gasteiger partial charge in [0.25, 0.3) is 0 Å². The molecule has 1 heterocycles. The third kappa shape index (κ3) is 2.25. The van der Waals surface area contributed by atoms with Crippen LogP contribution in [0.4, 0.5) is 0 Å². The lowest BCUT2D eigenvalue weighted by molar-refractivity contribution is -0.131. The highest BCUT2D eigenvalue weighted by Crippen LogP contribution is 2.01. The van der Waals surface area contributed by atoms with E-state index in [-0.39, 0.29) is 0 Å². The summed E-state index contributed by atoms with van der Waals surface area (Å²) in [5.74, 6) is -0.703. The number of nitrogens with zero attached hydrogens (tertiary/aromatic N) is 1. The molecule has 4 nitrogen and oxygen atoms in total. The second-order valence-electron chi connectivity index (χ2n) is 2.00. The summed E-state index contributed by atoms with van der Waals surface area (Å²) < 4.78 is 4.85. The normalized spacial score (nSPS) is 10.6. The van der Waals surface area contributed by atoms with Crippen molar-refractivity contribution in [3.8, 4) is 0 Å². The Morgan fingerprint density at radius 1 is 1.82 bits per heavy atom.